The molecule has 0 aromatic carbocycles. The van der Waals surface area contributed by atoms with Gasteiger partial charge in [-0.05, 0) is 17.4 Å². The van der Waals surface area contributed by atoms with E-state index in [4.69, 9.17) is 0 Å². The fourth-order valence-corrected chi connectivity index (χ4v) is 1.07. The third kappa shape index (κ3) is 4.44. The third-order valence-corrected chi connectivity index (χ3v) is 2.33. The van der Waals surface area contributed by atoms with Crippen molar-refractivity contribution < 1.29 is 10.2 Å². The second-order valence-electron chi connectivity index (χ2n) is 4.59. The number of aliphatic hydroxyl groups excluding tert-OH is 2. The van der Waals surface area contributed by atoms with Crippen molar-refractivity contribution in [1.82, 2.24) is 0 Å². The summed E-state index contributed by atoms with van der Waals surface area (Å²) in [6.07, 6.45) is 0.0604. The molecule has 0 aliphatic carbocycles. The van der Waals surface area contributed by atoms with Gasteiger partial charge in [-0.25, -0.2) is 0 Å². The molecule has 0 heterocycles. The van der Waals surface area contributed by atoms with Crippen LogP contribution in [0.4, 0.5) is 0 Å². The zero-order chi connectivity index (χ0) is 10.6. The Kier molecular flexibility index (Phi) is 4.65. The molecule has 0 radical (unpaired) electrons. The van der Waals surface area contributed by atoms with Gasteiger partial charge in [0.15, 0.2) is 0 Å². The maximum absolute atomic E-state index is 9.70. The number of hydrogen-bond donors (Lipinski definition) is 2. The first-order valence-corrected chi connectivity index (χ1v) is 4.84. The zero-order valence-corrected chi connectivity index (χ0v) is 9.17. The van der Waals surface area contributed by atoms with Crippen LogP contribution in [0.2, 0.25) is 0 Å². The van der Waals surface area contributed by atoms with E-state index in [1.165, 1.54) is 0 Å². The Bertz CT molecular complexity index is 167. The lowest BCUT2D eigenvalue weighted by Gasteiger charge is -2.27. The second kappa shape index (κ2) is 4.77. The maximum atomic E-state index is 9.70. The van der Waals surface area contributed by atoms with Gasteiger partial charge in [0, 0.05) is 6.42 Å². The third-order valence-electron chi connectivity index (χ3n) is 2.33. The van der Waals surface area contributed by atoms with Crippen LogP contribution >= 0.6 is 0 Å². The first-order chi connectivity index (χ1) is 5.79. The predicted molar refractivity (Wildman–Crippen MR) is 55.5 cm³/mol. The molecule has 0 rings (SSSR count). The van der Waals surface area contributed by atoms with Crippen LogP contribution in [0.3, 0.4) is 0 Å². The largest absolute Gasteiger partial charge is 0.393 e. The van der Waals surface area contributed by atoms with Gasteiger partial charge in [0.05, 0.1) is 12.2 Å². The Labute approximate surface area is 81.3 Å². The average molecular weight is 186 g/mol. The van der Waals surface area contributed by atoms with Crippen LogP contribution in [0.15, 0.2) is 12.2 Å². The van der Waals surface area contributed by atoms with Gasteiger partial charge in [0.25, 0.3) is 0 Å². The molecular formula is C11H22O2. The molecule has 0 bridgehead atoms. The summed E-state index contributed by atoms with van der Waals surface area (Å²) in [5.74, 6) is 0. The topological polar surface area (TPSA) is 40.5 Å². The van der Waals surface area contributed by atoms with Crippen LogP contribution < -0.4 is 0 Å². The van der Waals surface area contributed by atoms with Crippen molar-refractivity contribution in [3.05, 3.63) is 12.2 Å². The number of rotatable bonds is 4. The molecule has 0 saturated heterocycles. The summed E-state index contributed by atoms with van der Waals surface area (Å²) in [4.78, 5) is 0. The Morgan fingerprint density at radius 1 is 1.31 bits per heavy atom. The zero-order valence-electron chi connectivity index (χ0n) is 9.17. The van der Waals surface area contributed by atoms with E-state index in [1.807, 2.05) is 27.7 Å². The monoisotopic (exact) mass is 186 g/mol. The van der Waals surface area contributed by atoms with Crippen molar-refractivity contribution in [2.24, 2.45) is 5.41 Å². The van der Waals surface area contributed by atoms with Crippen molar-refractivity contribution in [1.29, 1.82) is 0 Å². The van der Waals surface area contributed by atoms with E-state index in [0.717, 1.165) is 5.57 Å². The lowest BCUT2D eigenvalue weighted by atomic mass is 9.82. The fourth-order valence-electron chi connectivity index (χ4n) is 1.07. The highest BCUT2D eigenvalue weighted by atomic mass is 16.3. The first-order valence-electron chi connectivity index (χ1n) is 4.84. The summed E-state index contributed by atoms with van der Waals surface area (Å²) in [6, 6.07) is 0. The minimum Gasteiger partial charge on any atom is -0.393 e. The summed E-state index contributed by atoms with van der Waals surface area (Å²) >= 11 is 0. The minimum absolute atomic E-state index is 0.0904. The molecule has 2 heteroatoms. The Balaban J connectivity index is 4.12. The average Bonchev–Trinajstić information content (AvgIpc) is 2.01. The van der Waals surface area contributed by atoms with E-state index in [9.17, 15) is 10.2 Å². The molecule has 2 N–H and O–H groups in total. The van der Waals surface area contributed by atoms with Crippen LogP contribution in [0.1, 0.15) is 40.5 Å². The van der Waals surface area contributed by atoms with Crippen molar-refractivity contribution in [3.63, 3.8) is 0 Å². The standard InChI is InChI=1S/C11H22O2/c1-6-9(12)7-10(13)8(2)11(3,4)5/h9-10,12-13H,2,6-7H2,1,3-5H3. The van der Waals surface area contributed by atoms with Gasteiger partial charge in [0.1, 0.15) is 0 Å². The summed E-state index contributed by atoms with van der Waals surface area (Å²) < 4.78 is 0. The van der Waals surface area contributed by atoms with Crippen LogP contribution in [0, 0.1) is 5.41 Å². The van der Waals surface area contributed by atoms with Gasteiger partial charge in [-0.2, -0.15) is 0 Å². The van der Waals surface area contributed by atoms with Crippen molar-refractivity contribution in [2.75, 3.05) is 0 Å². The van der Waals surface area contributed by atoms with Gasteiger partial charge in [-0.15, -0.1) is 0 Å². The Morgan fingerprint density at radius 3 is 2.08 bits per heavy atom. The molecule has 0 fully saturated rings. The molecule has 0 aliphatic rings. The molecular weight excluding hydrogens is 164 g/mol. The Hall–Kier alpha value is -0.340. The van der Waals surface area contributed by atoms with Crippen molar-refractivity contribution >= 4 is 0 Å². The van der Waals surface area contributed by atoms with Gasteiger partial charge in [0.2, 0.25) is 0 Å². The first kappa shape index (κ1) is 12.7. The summed E-state index contributed by atoms with van der Waals surface area (Å²) in [5.41, 5.74) is 0.701. The fraction of sp³-hybridized carbons (Fsp3) is 0.818. The van der Waals surface area contributed by atoms with E-state index >= 15 is 0 Å². The van der Waals surface area contributed by atoms with Crippen LogP contribution in [0.5, 0.6) is 0 Å². The minimum atomic E-state index is -0.588. The van der Waals surface area contributed by atoms with Crippen LogP contribution in [0.25, 0.3) is 0 Å². The highest BCUT2D eigenvalue weighted by molar-refractivity contribution is 5.10. The lowest BCUT2D eigenvalue weighted by molar-refractivity contribution is 0.0874. The molecule has 78 valence electrons. The molecule has 2 atom stereocenters. The second-order valence-corrected chi connectivity index (χ2v) is 4.59. The van der Waals surface area contributed by atoms with E-state index in [0.29, 0.717) is 12.8 Å². The van der Waals surface area contributed by atoms with E-state index in [1.54, 1.807) is 0 Å². The maximum Gasteiger partial charge on any atom is 0.0777 e. The lowest BCUT2D eigenvalue weighted by Crippen LogP contribution is -2.25. The van der Waals surface area contributed by atoms with Crippen molar-refractivity contribution in [2.45, 2.75) is 52.7 Å². The quantitative estimate of drug-likeness (QED) is 0.660. The van der Waals surface area contributed by atoms with E-state index in [-0.39, 0.29) is 5.41 Å². The number of hydrogen-bond acceptors (Lipinski definition) is 2. The van der Waals surface area contributed by atoms with Crippen LogP contribution in [-0.4, -0.2) is 22.4 Å². The molecule has 0 amide bonds. The molecule has 2 unspecified atom stereocenters. The normalized spacial score (nSPS) is 16.8. The smallest absolute Gasteiger partial charge is 0.0777 e. The van der Waals surface area contributed by atoms with Gasteiger partial charge < -0.3 is 10.2 Å². The summed E-state index contributed by atoms with van der Waals surface area (Å²) in [5, 5.41) is 19.0. The summed E-state index contributed by atoms with van der Waals surface area (Å²) in [6.45, 7) is 11.8. The van der Waals surface area contributed by atoms with E-state index in [2.05, 4.69) is 6.58 Å². The Morgan fingerprint density at radius 2 is 1.77 bits per heavy atom. The molecule has 0 aliphatic heterocycles. The molecule has 0 aromatic rings. The number of aliphatic hydroxyl groups is 2. The van der Waals surface area contributed by atoms with Gasteiger partial charge >= 0.3 is 0 Å². The van der Waals surface area contributed by atoms with E-state index < -0.39 is 12.2 Å². The highest BCUT2D eigenvalue weighted by Crippen LogP contribution is 2.28. The molecule has 0 aromatic heterocycles. The van der Waals surface area contributed by atoms with Crippen LogP contribution in [-0.2, 0) is 0 Å². The molecule has 13 heavy (non-hydrogen) atoms. The van der Waals surface area contributed by atoms with Gasteiger partial charge in [-0.3, -0.25) is 0 Å². The van der Waals surface area contributed by atoms with Crippen molar-refractivity contribution in [3.8, 4) is 0 Å². The highest BCUT2D eigenvalue weighted by Gasteiger charge is 2.23. The molecule has 0 saturated carbocycles. The molecule has 2 nitrogen and oxygen atoms in total. The van der Waals surface area contributed by atoms with Gasteiger partial charge in [-0.1, -0.05) is 34.3 Å². The SMILES string of the molecule is C=C(C(O)CC(O)CC)C(C)(C)C. The summed E-state index contributed by atoms with van der Waals surface area (Å²) in [7, 11) is 0. The predicted octanol–water partition coefficient (Wildman–Crippen LogP) is 2.11. The molecule has 0 spiro atoms.